The number of hydrogen-bond donors (Lipinski definition) is 0. The third-order valence-electron chi connectivity index (χ3n) is 2.33. The summed E-state index contributed by atoms with van der Waals surface area (Å²) in [4.78, 5) is 0. The molecule has 0 nitrogen and oxygen atoms in total. The third-order valence-corrected chi connectivity index (χ3v) is 2.33. The molecule has 1 rings (SSSR count). The van der Waals surface area contributed by atoms with Crippen LogP contribution in [-0.4, -0.2) is 0 Å². The van der Waals surface area contributed by atoms with Crippen molar-refractivity contribution in [3.05, 3.63) is 23.8 Å². The first-order valence-corrected chi connectivity index (χ1v) is 4.65. The fraction of sp³-hybridized carbons (Fsp3) is 0.636. The van der Waals surface area contributed by atoms with Crippen molar-refractivity contribution in [1.29, 1.82) is 0 Å². The highest BCUT2D eigenvalue weighted by Crippen LogP contribution is 2.19. The normalized spacial score (nSPS) is 24.5. The molecule has 0 spiro atoms. The first-order chi connectivity index (χ1) is 5.36. The highest BCUT2D eigenvalue weighted by atomic mass is 14.1. The van der Waals surface area contributed by atoms with Gasteiger partial charge < -0.3 is 0 Å². The first-order valence-electron chi connectivity index (χ1n) is 4.65. The zero-order valence-electron chi connectivity index (χ0n) is 7.56. The molecule has 61 valence electrons. The van der Waals surface area contributed by atoms with Crippen LogP contribution in [0, 0.1) is 12.0 Å². The summed E-state index contributed by atoms with van der Waals surface area (Å²) >= 11 is 0. The van der Waals surface area contributed by atoms with Crippen LogP contribution in [0.2, 0.25) is 0 Å². The molecular formula is C11H17. The molecule has 0 saturated carbocycles. The van der Waals surface area contributed by atoms with Gasteiger partial charge in [-0.15, -0.1) is 0 Å². The Morgan fingerprint density at radius 1 is 1.55 bits per heavy atom. The Kier molecular flexibility index (Phi) is 3.41. The van der Waals surface area contributed by atoms with Gasteiger partial charge in [0, 0.05) is 0 Å². The van der Waals surface area contributed by atoms with Crippen LogP contribution in [0.15, 0.2) is 17.7 Å². The van der Waals surface area contributed by atoms with Crippen molar-refractivity contribution in [2.24, 2.45) is 5.92 Å². The maximum Gasteiger partial charge on any atom is -0.0159 e. The summed E-state index contributed by atoms with van der Waals surface area (Å²) in [5.41, 5.74) is 1.46. The molecule has 0 bridgehead atoms. The van der Waals surface area contributed by atoms with E-state index >= 15 is 0 Å². The molecule has 0 aromatic carbocycles. The quantitative estimate of drug-likeness (QED) is 0.563. The molecule has 0 aromatic rings. The zero-order chi connectivity index (χ0) is 8.10. The molecule has 1 radical (unpaired) electrons. The fourth-order valence-corrected chi connectivity index (χ4v) is 1.41. The predicted octanol–water partition coefficient (Wildman–Crippen LogP) is 3.50. The number of rotatable bonds is 2. The lowest BCUT2D eigenvalue weighted by molar-refractivity contribution is 0.567. The summed E-state index contributed by atoms with van der Waals surface area (Å²) < 4.78 is 0. The lowest BCUT2D eigenvalue weighted by atomic mass is 10.0. The standard InChI is InChI=1S/C11H17/c1-3-10-6-5-7-11(4-2)9-8-10/h6,8,11H,3-5,7H2,1-2H3. The van der Waals surface area contributed by atoms with Crippen LogP contribution in [0.1, 0.15) is 39.5 Å². The third kappa shape index (κ3) is 2.53. The lowest BCUT2D eigenvalue weighted by Crippen LogP contribution is -1.91. The van der Waals surface area contributed by atoms with Gasteiger partial charge >= 0.3 is 0 Å². The van der Waals surface area contributed by atoms with E-state index in [4.69, 9.17) is 0 Å². The van der Waals surface area contributed by atoms with Crippen molar-refractivity contribution in [3.63, 3.8) is 0 Å². The smallest absolute Gasteiger partial charge is 0.0159 e. The van der Waals surface area contributed by atoms with E-state index in [1.54, 1.807) is 0 Å². The van der Waals surface area contributed by atoms with Crippen LogP contribution in [0.3, 0.4) is 0 Å². The van der Waals surface area contributed by atoms with E-state index in [0.717, 1.165) is 6.42 Å². The Bertz CT molecular complexity index is 163. The number of hydrogen-bond acceptors (Lipinski definition) is 0. The number of allylic oxidation sites excluding steroid dienone is 4. The van der Waals surface area contributed by atoms with Crippen LogP contribution >= 0.6 is 0 Å². The van der Waals surface area contributed by atoms with Crippen molar-refractivity contribution in [1.82, 2.24) is 0 Å². The summed E-state index contributed by atoms with van der Waals surface area (Å²) in [7, 11) is 0. The van der Waals surface area contributed by atoms with Gasteiger partial charge in [-0.2, -0.15) is 0 Å². The maximum absolute atomic E-state index is 3.44. The van der Waals surface area contributed by atoms with Crippen LogP contribution in [0.25, 0.3) is 0 Å². The van der Waals surface area contributed by atoms with E-state index < -0.39 is 0 Å². The largest absolute Gasteiger partial charge is 0.0813 e. The average Bonchev–Trinajstić information content (AvgIpc) is 2.28. The minimum Gasteiger partial charge on any atom is -0.0813 e. The van der Waals surface area contributed by atoms with Crippen LogP contribution < -0.4 is 0 Å². The molecule has 0 amide bonds. The Morgan fingerprint density at radius 3 is 3.00 bits per heavy atom. The molecule has 1 unspecified atom stereocenters. The minimum absolute atomic E-state index is 0.704. The van der Waals surface area contributed by atoms with Gasteiger partial charge in [0.2, 0.25) is 0 Å². The highest BCUT2D eigenvalue weighted by Gasteiger charge is 2.04. The molecule has 0 aliphatic heterocycles. The van der Waals surface area contributed by atoms with Gasteiger partial charge in [-0.3, -0.25) is 0 Å². The van der Waals surface area contributed by atoms with Crippen molar-refractivity contribution in [2.75, 3.05) is 0 Å². The van der Waals surface area contributed by atoms with Crippen LogP contribution in [-0.2, 0) is 0 Å². The molecule has 1 aliphatic rings. The molecule has 1 atom stereocenters. The van der Waals surface area contributed by atoms with E-state index in [-0.39, 0.29) is 0 Å². The summed E-state index contributed by atoms with van der Waals surface area (Å²) in [5.74, 6) is 0.704. The van der Waals surface area contributed by atoms with Gasteiger partial charge in [-0.05, 0) is 37.7 Å². The van der Waals surface area contributed by atoms with Gasteiger partial charge in [0.1, 0.15) is 0 Å². The molecule has 0 heteroatoms. The molecule has 0 N–H and O–H groups in total. The summed E-state index contributed by atoms with van der Waals surface area (Å²) in [5, 5.41) is 0. The van der Waals surface area contributed by atoms with E-state index in [1.165, 1.54) is 24.8 Å². The van der Waals surface area contributed by atoms with Gasteiger partial charge in [-0.25, -0.2) is 0 Å². The summed E-state index contributed by atoms with van der Waals surface area (Å²) in [6.45, 7) is 4.44. The van der Waals surface area contributed by atoms with Crippen LogP contribution in [0.4, 0.5) is 0 Å². The second-order valence-electron chi connectivity index (χ2n) is 3.13. The van der Waals surface area contributed by atoms with E-state index in [2.05, 4.69) is 32.1 Å². The topological polar surface area (TPSA) is 0 Å². The highest BCUT2D eigenvalue weighted by molar-refractivity contribution is 5.18. The fourth-order valence-electron chi connectivity index (χ4n) is 1.41. The first kappa shape index (κ1) is 8.58. The van der Waals surface area contributed by atoms with Gasteiger partial charge in [0.15, 0.2) is 0 Å². The van der Waals surface area contributed by atoms with Gasteiger partial charge in [-0.1, -0.05) is 31.6 Å². The van der Waals surface area contributed by atoms with Crippen molar-refractivity contribution in [3.8, 4) is 0 Å². The predicted molar refractivity (Wildman–Crippen MR) is 49.2 cm³/mol. The minimum atomic E-state index is 0.704. The second kappa shape index (κ2) is 4.38. The Labute approximate surface area is 70.0 Å². The lowest BCUT2D eigenvalue weighted by Gasteiger charge is -2.03. The van der Waals surface area contributed by atoms with Gasteiger partial charge in [0.05, 0.1) is 0 Å². The zero-order valence-corrected chi connectivity index (χ0v) is 7.56. The van der Waals surface area contributed by atoms with Crippen molar-refractivity contribution >= 4 is 0 Å². The Hall–Kier alpha value is -0.520. The van der Waals surface area contributed by atoms with Gasteiger partial charge in [0.25, 0.3) is 0 Å². The molecule has 0 aromatic heterocycles. The van der Waals surface area contributed by atoms with E-state index in [1.807, 2.05) is 0 Å². The Balaban J connectivity index is 2.53. The van der Waals surface area contributed by atoms with Crippen molar-refractivity contribution < 1.29 is 0 Å². The SMILES string of the molecule is CCC1=CCCC(CC)[C]=C1. The molecular weight excluding hydrogens is 132 g/mol. The molecule has 0 saturated heterocycles. The molecule has 1 aliphatic carbocycles. The summed E-state index contributed by atoms with van der Waals surface area (Å²) in [6.07, 6.45) is 12.9. The molecule has 11 heavy (non-hydrogen) atoms. The second-order valence-corrected chi connectivity index (χ2v) is 3.13. The van der Waals surface area contributed by atoms with Crippen molar-refractivity contribution in [2.45, 2.75) is 39.5 Å². The van der Waals surface area contributed by atoms with Crippen LogP contribution in [0.5, 0.6) is 0 Å². The molecule has 0 heterocycles. The monoisotopic (exact) mass is 149 g/mol. The average molecular weight is 149 g/mol. The molecule has 0 fully saturated rings. The summed E-state index contributed by atoms with van der Waals surface area (Å²) in [6, 6.07) is 0. The van der Waals surface area contributed by atoms with E-state index in [0.29, 0.717) is 5.92 Å². The maximum atomic E-state index is 3.44. The van der Waals surface area contributed by atoms with E-state index in [9.17, 15) is 0 Å². The Morgan fingerprint density at radius 2 is 2.36 bits per heavy atom.